The van der Waals surface area contributed by atoms with Crippen molar-refractivity contribution in [2.75, 3.05) is 32.2 Å². The van der Waals surface area contributed by atoms with Crippen molar-refractivity contribution in [3.8, 4) is 0 Å². The fraction of sp³-hybridized carbons (Fsp3) is 0.333. The van der Waals surface area contributed by atoms with Crippen LogP contribution in [0.1, 0.15) is 0 Å². The molecule has 0 bridgehead atoms. The summed E-state index contributed by atoms with van der Waals surface area (Å²) >= 11 is 0. The fourth-order valence-electron chi connectivity index (χ4n) is 1.58. The minimum Gasteiger partial charge on any atom is -0.468 e. The van der Waals surface area contributed by atoms with Gasteiger partial charge in [0.1, 0.15) is 24.6 Å². The minimum atomic E-state index is -0.806. The highest BCUT2D eigenvalue weighted by Gasteiger charge is 2.24. The number of carbonyl (C=O) groups is 2. The number of nitro groups is 1. The van der Waals surface area contributed by atoms with E-state index in [-0.39, 0.29) is 5.69 Å². The summed E-state index contributed by atoms with van der Waals surface area (Å²) < 4.78 is 22.1. The first-order chi connectivity index (χ1) is 9.88. The molecular weight excluding hydrogens is 287 g/mol. The summed E-state index contributed by atoms with van der Waals surface area (Å²) in [5.41, 5.74) is -0.653. The highest BCUT2D eigenvalue weighted by Crippen LogP contribution is 2.28. The Hall–Kier alpha value is -2.71. The van der Waals surface area contributed by atoms with Crippen molar-refractivity contribution in [3.63, 3.8) is 0 Å². The van der Waals surface area contributed by atoms with Crippen LogP contribution in [0.5, 0.6) is 0 Å². The van der Waals surface area contributed by atoms with Gasteiger partial charge in [0.05, 0.1) is 25.2 Å². The lowest BCUT2D eigenvalue weighted by Gasteiger charge is -2.21. The number of hydrogen-bond donors (Lipinski definition) is 0. The van der Waals surface area contributed by atoms with E-state index in [0.29, 0.717) is 6.07 Å². The van der Waals surface area contributed by atoms with Gasteiger partial charge >= 0.3 is 11.9 Å². The molecule has 0 fully saturated rings. The number of carbonyl (C=O) groups excluding carboxylic acids is 2. The maximum Gasteiger partial charge on any atom is 0.325 e. The third kappa shape index (κ3) is 4.41. The molecule has 0 unspecified atom stereocenters. The first-order valence-corrected chi connectivity index (χ1v) is 5.71. The zero-order valence-electron chi connectivity index (χ0n) is 11.4. The van der Waals surface area contributed by atoms with Gasteiger partial charge in [-0.15, -0.1) is 0 Å². The van der Waals surface area contributed by atoms with Crippen LogP contribution in [-0.4, -0.2) is 44.2 Å². The summed E-state index contributed by atoms with van der Waals surface area (Å²) in [6.45, 7) is -0.837. The normalized spacial score (nSPS) is 9.86. The van der Waals surface area contributed by atoms with Crippen molar-refractivity contribution < 1.29 is 28.4 Å². The number of halogens is 1. The van der Waals surface area contributed by atoms with E-state index in [4.69, 9.17) is 0 Å². The van der Waals surface area contributed by atoms with Gasteiger partial charge in [-0.1, -0.05) is 0 Å². The first kappa shape index (κ1) is 16.3. The standard InChI is InChI=1S/C12H13FN2O6/c1-20-11(16)6-14(7-12(17)21-2)9-4-3-8(13)5-10(9)15(18)19/h3-5H,6-7H2,1-2H3. The van der Waals surface area contributed by atoms with Gasteiger partial charge in [-0.2, -0.15) is 0 Å². The molecule has 0 N–H and O–H groups in total. The lowest BCUT2D eigenvalue weighted by atomic mass is 10.2. The van der Waals surface area contributed by atoms with Crippen LogP contribution in [0, 0.1) is 15.9 Å². The molecule has 0 amide bonds. The van der Waals surface area contributed by atoms with Crippen molar-refractivity contribution in [2.24, 2.45) is 0 Å². The molecular formula is C12H13FN2O6. The molecule has 0 heterocycles. The number of esters is 2. The Kier molecular flexibility index (Phi) is 5.58. The Morgan fingerprint density at radius 2 is 1.76 bits per heavy atom. The van der Waals surface area contributed by atoms with Gasteiger partial charge in [0.15, 0.2) is 0 Å². The molecule has 0 aliphatic carbocycles. The van der Waals surface area contributed by atoms with E-state index in [9.17, 15) is 24.1 Å². The Bertz CT molecular complexity index is 545. The van der Waals surface area contributed by atoms with Crippen molar-refractivity contribution in [1.82, 2.24) is 0 Å². The Morgan fingerprint density at radius 1 is 1.24 bits per heavy atom. The quantitative estimate of drug-likeness (QED) is 0.437. The van der Waals surface area contributed by atoms with E-state index in [0.717, 1.165) is 31.3 Å². The number of anilines is 1. The third-order valence-corrected chi connectivity index (χ3v) is 2.57. The van der Waals surface area contributed by atoms with Crippen LogP contribution >= 0.6 is 0 Å². The predicted octanol–water partition coefficient (Wildman–Crippen LogP) is 0.886. The van der Waals surface area contributed by atoms with E-state index >= 15 is 0 Å². The molecule has 1 aromatic carbocycles. The number of nitrogens with zero attached hydrogens (tertiary/aromatic N) is 2. The summed E-state index contributed by atoms with van der Waals surface area (Å²) in [6.07, 6.45) is 0. The number of rotatable bonds is 6. The van der Waals surface area contributed by atoms with E-state index in [1.54, 1.807) is 0 Å². The largest absolute Gasteiger partial charge is 0.468 e. The summed E-state index contributed by atoms with van der Waals surface area (Å²) in [5.74, 6) is -2.23. The Morgan fingerprint density at radius 3 is 2.19 bits per heavy atom. The van der Waals surface area contributed by atoms with Crippen LogP contribution in [0.15, 0.2) is 18.2 Å². The van der Waals surface area contributed by atoms with Crippen LogP contribution < -0.4 is 4.90 Å². The average molecular weight is 300 g/mol. The second kappa shape index (κ2) is 7.17. The summed E-state index contributed by atoms with van der Waals surface area (Å²) in [6, 6.07) is 2.81. The maximum absolute atomic E-state index is 13.1. The van der Waals surface area contributed by atoms with E-state index in [1.807, 2.05) is 0 Å². The number of benzene rings is 1. The van der Waals surface area contributed by atoms with Gasteiger partial charge in [-0.3, -0.25) is 19.7 Å². The monoisotopic (exact) mass is 300 g/mol. The van der Waals surface area contributed by atoms with Crippen molar-refractivity contribution in [2.45, 2.75) is 0 Å². The molecule has 114 valence electrons. The molecule has 0 radical (unpaired) electrons. The summed E-state index contributed by atoms with van der Waals surface area (Å²) in [5, 5.41) is 11.0. The summed E-state index contributed by atoms with van der Waals surface area (Å²) in [4.78, 5) is 33.9. The van der Waals surface area contributed by atoms with Crippen LogP contribution in [0.2, 0.25) is 0 Å². The van der Waals surface area contributed by atoms with Gasteiger partial charge in [-0.05, 0) is 12.1 Å². The lowest BCUT2D eigenvalue weighted by molar-refractivity contribution is -0.384. The molecule has 1 aromatic rings. The highest BCUT2D eigenvalue weighted by atomic mass is 19.1. The fourth-order valence-corrected chi connectivity index (χ4v) is 1.58. The average Bonchev–Trinajstić information content (AvgIpc) is 2.45. The van der Waals surface area contributed by atoms with Gasteiger partial charge in [0, 0.05) is 0 Å². The van der Waals surface area contributed by atoms with E-state index in [2.05, 4.69) is 9.47 Å². The topological polar surface area (TPSA) is 99.0 Å². The first-order valence-electron chi connectivity index (χ1n) is 5.71. The molecule has 0 aliphatic rings. The number of hydrogen-bond acceptors (Lipinski definition) is 7. The minimum absolute atomic E-state index is 0.0859. The zero-order chi connectivity index (χ0) is 16.0. The van der Waals surface area contributed by atoms with Crippen LogP contribution in [-0.2, 0) is 19.1 Å². The number of methoxy groups -OCH3 is 2. The molecule has 0 saturated carbocycles. The number of nitro benzene ring substituents is 1. The maximum atomic E-state index is 13.1. The zero-order valence-corrected chi connectivity index (χ0v) is 11.4. The molecule has 0 atom stereocenters. The van der Waals surface area contributed by atoms with E-state index < -0.39 is 41.5 Å². The molecule has 0 aromatic heterocycles. The molecule has 9 heteroatoms. The van der Waals surface area contributed by atoms with Crippen molar-refractivity contribution >= 4 is 23.3 Å². The van der Waals surface area contributed by atoms with E-state index in [1.165, 1.54) is 0 Å². The summed E-state index contributed by atoms with van der Waals surface area (Å²) in [7, 11) is 2.27. The highest BCUT2D eigenvalue weighted by molar-refractivity contribution is 5.83. The van der Waals surface area contributed by atoms with Crippen molar-refractivity contribution in [3.05, 3.63) is 34.1 Å². The van der Waals surface area contributed by atoms with Crippen LogP contribution in [0.3, 0.4) is 0 Å². The molecule has 21 heavy (non-hydrogen) atoms. The Labute approximate surface area is 119 Å². The third-order valence-electron chi connectivity index (χ3n) is 2.57. The molecule has 1 rings (SSSR count). The van der Waals surface area contributed by atoms with Gasteiger partial charge in [0.25, 0.3) is 5.69 Å². The van der Waals surface area contributed by atoms with Crippen molar-refractivity contribution in [1.29, 1.82) is 0 Å². The van der Waals surface area contributed by atoms with Crippen LogP contribution in [0.4, 0.5) is 15.8 Å². The number of ether oxygens (including phenoxy) is 2. The molecule has 0 saturated heterocycles. The van der Waals surface area contributed by atoms with Gasteiger partial charge in [0.2, 0.25) is 0 Å². The lowest BCUT2D eigenvalue weighted by Crippen LogP contribution is -2.36. The van der Waals surface area contributed by atoms with Gasteiger partial charge in [-0.25, -0.2) is 4.39 Å². The second-order valence-corrected chi connectivity index (χ2v) is 3.90. The predicted molar refractivity (Wildman–Crippen MR) is 69.3 cm³/mol. The smallest absolute Gasteiger partial charge is 0.325 e. The molecule has 0 spiro atoms. The van der Waals surface area contributed by atoms with Crippen LogP contribution in [0.25, 0.3) is 0 Å². The SMILES string of the molecule is COC(=O)CN(CC(=O)OC)c1ccc(F)cc1[N+](=O)[O-]. The molecule has 8 nitrogen and oxygen atoms in total. The Balaban J connectivity index is 3.21. The van der Waals surface area contributed by atoms with Gasteiger partial charge < -0.3 is 14.4 Å². The second-order valence-electron chi connectivity index (χ2n) is 3.90. The molecule has 0 aliphatic heterocycles.